The van der Waals surface area contributed by atoms with E-state index in [-0.39, 0.29) is 11.6 Å². The molecule has 2 nitrogen and oxygen atoms in total. The Labute approximate surface area is 120 Å². The van der Waals surface area contributed by atoms with Crippen LogP contribution in [0.1, 0.15) is 31.2 Å². The van der Waals surface area contributed by atoms with E-state index >= 15 is 0 Å². The SMILES string of the molecule is NC1(c2ccc(-c3ccccc3)cc2)CCC(O)CC1. The number of hydrogen-bond donors (Lipinski definition) is 2. The summed E-state index contributed by atoms with van der Waals surface area (Å²) < 4.78 is 0. The second kappa shape index (κ2) is 5.39. The molecule has 0 unspecified atom stereocenters. The zero-order valence-electron chi connectivity index (χ0n) is 11.6. The largest absolute Gasteiger partial charge is 0.393 e. The summed E-state index contributed by atoms with van der Waals surface area (Å²) in [6, 6.07) is 18.9. The first-order valence-electron chi connectivity index (χ1n) is 7.30. The van der Waals surface area contributed by atoms with Crippen molar-refractivity contribution in [1.82, 2.24) is 0 Å². The molecule has 0 atom stereocenters. The van der Waals surface area contributed by atoms with Crippen LogP contribution in [-0.2, 0) is 5.54 Å². The zero-order valence-corrected chi connectivity index (χ0v) is 11.6. The molecule has 20 heavy (non-hydrogen) atoms. The van der Waals surface area contributed by atoms with E-state index in [1.807, 2.05) is 6.07 Å². The lowest BCUT2D eigenvalue weighted by Crippen LogP contribution is -2.41. The zero-order chi connectivity index (χ0) is 14.0. The number of aliphatic hydroxyl groups excluding tert-OH is 1. The van der Waals surface area contributed by atoms with Crippen LogP contribution >= 0.6 is 0 Å². The molecule has 0 bridgehead atoms. The van der Waals surface area contributed by atoms with Crippen LogP contribution in [0.2, 0.25) is 0 Å². The molecule has 0 amide bonds. The van der Waals surface area contributed by atoms with Crippen molar-refractivity contribution in [2.24, 2.45) is 5.73 Å². The van der Waals surface area contributed by atoms with Gasteiger partial charge in [-0.15, -0.1) is 0 Å². The van der Waals surface area contributed by atoms with Crippen LogP contribution in [0.25, 0.3) is 11.1 Å². The molecule has 104 valence electrons. The molecule has 0 aromatic heterocycles. The summed E-state index contributed by atoms with van der Waals surface area (Å²) >= 11 is 0. The molecule has 1 aliphatic rings. The molecule has 0 radical (unpaired) electrons. The van der Waals surface area contributed by atoms with Crippen LogP contribution in [0, 0.1) is 0 Å². The minimum Gasteiger partial charge on any atom is -0.393 e. The van der Waals surface area contributed by atoms with Crippen molar-refractivity contribution in [3.05, 3.63) is 60.2 Å². The van der Waals surface area contributed by atoms with E-state index in [2.05, 4.69) is 48.5 Å². The summed E-state index contributed by atoms with van der Waals surface area (Å²) in [6.45, 7) is 0. The molecule has 0 saturated heterocycles. The van der Waals surface area contributed by atoms with Gasteiger partial charge in [-0.2, -0.15) is 0 Å². The van der Waals surface area contributed by atoms with E-state index in [0.29, 0.717) is 0 Å². The van der Waals surface area contributed by atoms with Gasteiger partial charge in [0, 0.05) is 5.54 Å². The average molecular weight is 267 g/mol. The molecule has 1 saturated carbocycles. The van der Waals surface area contributed by atoms with Crippen molar-refractivity contribution in [1.29, 1.82) is 0 Å². The van der Waals surface area contributed by atoms with Gasteiger partial charge in [0.15, 0.2) is 0 Å². The van der Waals surface area contributed by atoms with Crippen molar-refractivity contribution in [2.45, 2.75) is 37.3 Å². The second-order valence-corrected chi connectivity index (χ2v) is 5.83. The highest BCUT2D eigenvalue weighted by atomic mass is 16.3. The number of hydrogen-bond acceptors (Lipinski definition) is 2. The molecule has 0 spiro atoms. The topological polar surface area (TPSA) is 46.2 Å². The third-order valence-electron chi connectivity index (χ3n) is 4.41. The van der Waals surface area contributed by atoms with Gasteiger partial charge in [0.2, 0.25) is 0 Å². The molecule has 1 fully saturated rings. The van der Waals surface area contributed by atoms with Gasteiger partial charge in [-0.1, -0.05) is 54.6 Å². The lowest BCUT2D eigenvalue weighted by atomic mass is 9.76. The molecule has 3 N–H and O–H groups in total. The van der Waals surface area contributed by atoms with Gasteiger partial charge in [0.1, 0.15) is 0 Å². The van der Waals surface area contributed by atoms with Crippen LogP contribution < -0.4 is 5.73 Å². The van der Waals surface area contributed by atoms with Gasteiger partial charge in [0.25, 0.3) is 0 Å². The van der Waals surface area contributed by atoms with Crippen molar-refractivity contribution in [3.63, 3.8) is 0 Å². The van der Waals surface area contributed by atoms with Crippen LogP contribution in [0.5, 0.6) is 0 Å². The van der Waals surface area contributed by atoms with E-state index in [1.54, 1.807) is 0 Å². The van der Waals surface area contributed by atoms with Gasteiger partial charge in [-0.25, -0.2) is 0 Å². The van der Waals surface area contributed by atoms with Crippen molar-refractivity contribution >= 4 is 0 Å². The Morgan fingerprint density at radius 3 is 2.00 bits per heavy atom. The lowest BCUT2D eigenvalue weighted by Gasteiger charge is -2.36. The molecule has 1 aliphatic carbocycles. The first kappa shape index (κ1) is 13.3. The Morgan fingerprint density at radius 2 is 1.40 bits per heavy atom. The number of rotatable bonds is 2. The fraction of sp³-hybridized carbons (Fsp3) is 0.333. The molecule has 2 aromatic carbocycles. The lowest BCUT2D eigenvalue weighted by molar-refractivity contribution is 0.0969. The van der Waals surface area contributed by atoms with E-state index in [9.17, 15) is 5.11 Å². The fourth-order valence-electron chi connectivity index (χ4n) is 3.03. The Kier molecular flexibility index (Phi) is 3.60. The predicted octanol–water partition coefficient (Wildman–Crippen LogP) is 3.44. The van der Waals surface area contributed by atoms with Crippen LogP contribution in [0.4, 0.5) is 0 Å². The van der Waals surface area contributed by atoms with Crippen LogP contribution in [-0.4, -0.2) is 11.2 Å². The first-order chi connectivity index (χ1) is 9.67. The smallest absolute Gasteiger partial charge is 0.0541 e. The highest BCUT2D eigenvalue weighted by Gasteiger charge is 2.32. The third-order valence-corrected chi connectivity index (χ3v) is 4.41. The quantitative estimate of drug-likeness (QED) is 0.875. The summed E-state index contributed by atoms with van der Waals surface area (Å²) in [5.74, 6) is 0. The Bertz CT molecular complexity index is 554. The minimum atomic E-state index is -0.269. The van der Waals surface area contributed by atoms with Gasteiger partial charge in [-0.05, 0) is 42.4 Å². The third kappa shape index (κ3) is 2.62. The maximum absolute atomic E-state index is 9.63. The summed E-state index contributed by atoms with van der Waals surface area (Å²) in [6.07, 6.45) is 3.15. The maximum atomic E-state index is 9.63. The number of aliphatic hydroxyl groups is 1. The molecule has 0 heterocycles. The van der Waals surface area contributed by atoms with Crippen LogP contribution in [0.3, 0.4) is 0 Å². The Hall–Kier alpha value is -1.64. The number of nitrogens with two attached hydrogens (primary N) is 1. The monoisotopic (exact) mass is 267 g/mol. The molecule has 2 aromatic rings. The summed E-state index contributed by atoms with van der Waals surface area (Å²) in [4.78, 5) is 0. The average Bonchev–Trinajstić information content (AvgIpc) is 2.52. The molecular formula is C18H21NO. The molecular weight excluding hydrogens is 246 g/mol. The summed E-state index contributed by atoms with van der Waals surface area (Å²) in [7, 11) is 0. The number of benzene rings is 2. The molecule has 3 rings (SSSR count). The van der Waals surface area contributed by atoms with Crippen molar-refractivity contribution < 1.29 is 5.11 Å². The van der Waals surface area contributed by atoms with Gasteiger partial charge in [-0.3, -0.25) is 0 Å². The summed E-state index contributed by atoms with van der Waals surface area (Å²) in [5.41, 5.74) is 9.88. The van der Waals surface area contributed by atoms with Gasteiger partial charge < -0.3 is 10.8 Å². The van der Waals surface area contributed by atoms with E-state index in [0.717, 1.165) is 25.7 Å². The minimum absolute atomic E-state index is 0.171. The highest BCUT2D eigenvalue weighted by molar-refractivity contribution is 5.63. The van der Waals surface area contributed by atoms with Gasteiger partial charge in [0.05, 0.1) is 6.10 Å². The second-order valence-electron chi connectivity index (χ2n) is 5.83. The van der Waals surface area contributed by atoms with Crippen molar-refractivity contribution in [3.8, 4) is 11.1 Å². The Balaban J connectivity index is 1.83. The molecule has 0 aliphatic heterocycles. The van der Waals surface area contributed by atoms with E-state index in [4.69, 9.17) is 5.73 Å². The highest BCUT2D eigenvalue weighted by Crippen LogP contribution is 2.35. The van der Waals surface area contributed by atoms with Crippen LogP contribution in [0.15, 0.2) is 54.6 Å². The normalized spacial score (nSPS) is 26.4. The maximum Gasteiger partial charge on any atom is 0.0541 e. The molecule has 2 heteroatoms. The van der Waals surface area contributed by atoms with E-state index < -0.39 is 0 Å². The predicted molar refractivity (Wildman–Crippen MR) is 82.2 cm³/mol. The first-order valence-corrected chi connectivity index (χ1v) is 7.30. The standard InChI is InChI=1S/C18H21NO/c19-18(12-10-17(20)11-13-18)16-8-6-15(7-9-16)14-4-2-1-3-5-14/h1-9,17,20H,10-13,19H2. The Morgan fingerprint density at radius 1 is 0.850 bits per heavy atom. The van der Waals surface area contributed by atoms with Crippen molar-refractivity contribution in [2.75, 3.05) is 0 Å². The fourth-order valence-corrected chi connectivity index (χ4v) is 3.03. The summed E-state index contributed by atoms with van der Waals surface area (Å²) in [5, 5.41) is 9.63. The van der Waals surface area contributed by atoms with Gasteiger partial charge >= 0.3 is 0 Å². The van der Waals surface area contributed by atoms with E-state index in [1.165, 1.54) is 16.7 Å².